The van der Waals surface area contributed by atoms with Crippen LogP contribution in [0.15, 0.2) is 46.9 Å². The Morgan fingerprint density at radius 1 is 1.21 bits per heavy atom. The number of hydrazine groups is 1. The Bertz CT molecular complexity index is 1080. The number of halogens is 2. The van der Waals surface area contributed by atoms with E-state index < -0.39 is 35.4 Å². The van der Waals surface area contributed by atoms with Gasteiger partial charge in [-0.05, 0) is 55.7 Å². The van der Waals surface area contributed by atoms with Gasteiger partial charge in [0.1, 0.15) is 17.1 Å². The molecule has 1 aliphatic heterocycles. The minimum absolute atomic E-state index is 0.106. The van der Waals surface area contributed by atoms with Crippen LogP contribution in [0.5, 0.6) is 5.75 Å². The Labute approximate surface area is 196 Å². The van der Waals surface area contributed by atoms with Gasteiger partial charge in [-0.15, -0.1) is 0 Å². The Morgan fingerprint density at radius 3 is 2.48 bits per heavy atom. The van der Waals surface area contributed by atoms with Crippen molar-refractivity contribution in [3.8, 4) is 5.75 Å². The van der Waals surface area contributed by atoms with Gasteiger partial charge in [0, 0.05) is 4.47 Å². The maximum Gasteiger partial charge on any atom is 0.344 e. The largest absolute Gasteiger partial charge is 0.508 e. The molecule has 0 aromatic heterocycles. The molecule has 0 spiro atoms. The first-order chi connectivity index (χ1) is 15.4. The summed E-state index contributed by atoms with van der Waals surface area (Å²) in [6.45, 7) is 1.55. The summed E-state index contributed by atoms with van der Waals surface area (Å²) in [4.78, 5) is 46.0. The number of aryl methyl sites for hydroxylation is 1. The van der Waals surface area contributed by atoms with Crippen LogP contribution < -0.4 is 27.5 Å². The molecular weight excluding hydrogens is 503 g/mol. The number of urea groups is 3. The van der Waals surface area contributed by atoms with Gasteiger partial charge >= 0.3 is 18.1 Å². The zero-order valence-corrected chi connectivity index (χ0v) is 19.0. The zero-order chi connectivity index (χ0) is 24.8. The molecule has 13 heteroatoms. The van der Waals surface area contributed by atoms with E-state index in [1.807, 2.05) is 0 Å². The number of hydrogen-bond acceptors (Lipinski definition) is 5. The first-order valence-corrected chi connectivity index (χ1v) is 10.2. The number of imide groups is 1. The number of nitrogens with zero attached hydrogens (tertiary/aromatic N) is 1. The molecule has 11 nitrogen and oxygen atoms in total. The van der Waals surface area contributed by atoms with E-state index in [0.717, 1.165) is 5.56 Å². The predicted octanol–water partition coefficient (Wildman–Crippen LogP) is 2.30. The second-order valence-corrected chi connectivity index (χ2v) is 8.08. The number of carbonyl (C=O) groups is 4. The third-order valence-corrected chi connectivity index (χ3v) is 4.97. The van der Waals surface area contributed by atoms with E-state index in [4.69, 9.17) is 4.79 Å². The highest BCUT2D eigenvalue weighted by Crippen LogP contribution is 2.24. The Kier molecular flexibility index (Phi) is 8.18. The van der Waals surface area contributed by atoms with Crippen molar-refractivity contribution in [3.63, 3.8) is 0 Å². The van der Waals surface area contributed by atoms with Crippen molar-refractivity contribution in [2.45, 2.75) is 25.3 Å². The van der Waals surface area contributed by atoms with Crippen molar-refractivity contribution in [1.82, 2.24) is 15.8 Å². The number of nitrogens with one attached hydrogen (secondary N) is 3. The summed E-state index contributed by atoms with van der Waals surface area (Å²) in [5, 5.41) is 14.9. The molecule has 1 heterocycles. The van der Waals surface area contributed by atoms with Crippen molar-refractivity contribution in [2.75, 3.05) is 5.32 Å². The quantitative estimate of drug-likeness (QED) is 0.327. The molecule has 8 N–H and O–H groups in total. The standard InChI is InChI=1S/C19H18BrFN4O4.CH4N2O/c1-19(8-7-11-3-2-4-13(26)9-11)16(27)25(18(29)23-19)24-17(28)22-15-6-5-12(20)10-14(15)21;2-1(3)4/h2-6,9-10,26H,7-8H2,1H3,(H,23,29)(H2,22,24,28);(H4,2,3,4). The van der Waals surface area contributed by atoms with Crippen LogP contribution in [0.2, 0.25) is 0 Å². The lowest BCUT2D eigenvalue weighted by molar-refractivity contribution is -0.132. The molecule has 3 rings (SSSR count). The van der Waals surface area contributed by atoms with Crippen molar-refractivity contribution in [1.29, 1.82) is 0 Å². The lowest BCUT2D eigenvalue weighted by Gasteiger charge is -2.21. The number of nitrogens with two attached hydrogens (primary N) is 2. The highest BCUT2D eigenvalue weighted by molar-refractivity contribution is 9.10. The minimum atomic E-state index is -1.24. The van der Waals surface area contributed by atoms with Gasteiger partial charge in [-0.2, -0.15) is 5.01 Å². The average molecular weight is 525 g/mol. The Hall–Kier alpha value is -3.87. The number of aromatic hydroxyl groups is 1. The fourth-order valence-electron chi connectivity index (χ4n) is 2.90. The van der Waals surface area contributed by atoms with Crippen LogP contribution >= 0.6 is 15.9 Å². The van der Waals surface area contributed by atoms with Gasteiger partial charge < -0.3 is 27.2 Å². The lowest BCUT2D eigenvalue weighted by atomic mass is 9.93. The van der Waals surface area contributed by atoms with E-state index in [9.17, 15) is 23.9 Å². The van der Waals surface area contributed by atoms with Gasteiger partial charge in [0.25, 0.3) is 5.91 Å². The topological polar surface area (TPSA) is 180 Å². The fraction of sp³-hybridized carbons (Fsp3) is 0.200. The highest BCUT2D eigenvalue weighted by atomic mass is 79.9. The monoisotopic (exact) mass is 524 g/mol. The number of hydrogen-bond donors (Lipinski definition) is 6. The lowest BCUT2D eigenvalue weighted by Crippen LogP contribution is -2.50. The summed E-state index contributed by atoms with van der Waals surface area (Å²) < 4.78 is 14.3. The van der Waals surface area contributed by atoms with Gasteiger partial charge in [-0.1, -0.05) is 28.1 Å². The van der Waals surface area contributed by atoms with Crippen molar-refractivity contribution in [3.05, 3.63) is 58.3 Å². The number of rotatable bonds is 5. The number of phenolic OH excluding ortho intramolecular Hbond substituents is 1. The molecule has 1 aliphatic rings. The molecular formula is C20H22BrFN6O5. The van der Waals surface area contributed by atoms with Crippen LogP contribution in [-0.4, -0.2) is 39.7 Å². The molecule has 0 bridgehead atoms. The van der Waals surface area contributed by atoms with Gasteiger partial charge in [0.2, 0.25) is 0 Å². The van der Waals surface area contributed by atoms with E-state index in [-0.39, 0.29) is 17.9 Å². The molecule has 1 atom stereocenters. The van der Waals surface area contributed by atoms with Crippen LogP contribution in [0.25, 0.3) is 0 Å². The van der Waals surface area contributed by atoms with Crippen molar-refractivity contribution in [2.24, 2.45) is 11.5 Å². The maximum absolute atomic E-state index is 13.8. The van der Waals surface area contributed by atoms with Gasteiger partial charge in [0.05, 0.1) is 5.69 Å². The molecule has 1 fully saturated rings. The minimum Gasteiger partial charge on any atom is -0.508 e. The number of benzene rings is 2. The van der Waals surface area contributed by atoms with Crippen LogP contribution in [0.1, 0.15) is 18.9 Å². The van der Waals surface area contributed by atoms with Gasteiger partial charge in [-0.3, -0.25) is 4.79 Å². The van der Waals surface area contributed by atoms with E-state index >= 15 is 0 Å². The third kappa shape index (κ3) is 7.07. The second kappa shape index (κ2) is 10.6. The SMILES string of the molecule is CC1(CCc2cccc(O)c2)NC(=O)N(NC(=O)Nc2ccc(Br)cc2F)C1=O.NC(N)=O. The van der Waals surface area contributed by atoms with Crippen molar-refractivity contribution >= 4 is 45.6 Å². The number of carbonyl (C=O) groups excluding carboxylic acids is 4. The third-order valence-electron chi connectivity index (χ3n) is 4.48. The van der Waals surface area contributed by atoms with E-state index in [1.165, 1.54) is 24.3 Å². The Balaban J connectivity index is 0.000000890. The molecule has 7 amide bonds. The van der Waals surface area contributed by atoms with Crippen molar-refractivity contribution < 1.29 is 28.7 Å². The molecule has 0 radical (unpaired) electrons. The number of amides is 7. The summed E-state index contributed by atoms with van der Waals surface area (Å²) in [6, 6.07) is 8.05. The first-order valence-electron chi connectivity index (χ1n) is 9.43. The predicted molar refractivity (Wildman–Crippen MR) is 120 cm³/mol. The number of anilines is 1. The van der Waals surface area contributed by atoms with Gasteiger partial charge in [0.15, 0.2) is 0 Å². The average Bonchev–Trinajstić information content (AvgIpc) is 2.92. The van der Waals surface area contributed by atoms with E-state index in [1.54, 1.807) is 25.1 Å². The molecule has 1 unspecified atom stereocenters. The van der Waals surface area contributed by atoms with Gasteiger partial charge in [-0.25, -0.2) is 24.2 Å². The molecule has 2 aromatic rings. The normalized spacial score (nSPS) is 17.0. The smallest absolute Gasteiger partial charge is 0.344 e. The number of primary amides is 2. The molecule has 0 saturated carbocycles. The molecule has 0 aliphatic carbocycles. The molecule has 33 heavy (non-hydrogen) atoms. The summed E-state index contributed by atoms with van der Waals surface area (Å²) in [5.74, 6) is -1.22. The summed E-state index contributed by atoms with van der Waals surface area (Å²) >= 11 is 3.11. The van der Waals surface area contributed by atoms with E-state index in [2.05, 4.69) is 43.5 Å². The summed E-state index contributed by atoms with van der Waals surface area (Å²) in [7, 11) is 0. The van der Waals surface area contributed by atoms with Crippen LogP contribution in [0.4, 0.5) is 24.5 Å². The summed E-state index contributed by atoms with van der Waals surface area (Å²) in [6.07, 6.45) is 0.670. The second-order valence-electron chi connectivity index (χ2n) is 7.17. The molecule has 1 saturated heterocycles. The van der Waals surface area contributed by atoms with Crippen LogP contribution in [-0.2, 0) is 11.2 Å². The fourth-order valence-corrected chi connectivity index (χ4v) is 3.24. The Morgan fingerprint density at radius 2 is 1.88 bits per heavy atom. The highest BCUT2D eigenvalue weighted by Gasteiger charge is 2.48. The van der Waals surface area contributed by atoms with Crippen LogP contribution in [0, 0.1) is 5.82 Å². The number of phenols is 1. The first kappa shape index (κ1) is 25.4. The molecule has 2 aromatic carbocycles. The summed E-state index contributed by atoms with van der Waals surface area (Å²) in [5.41, 5.74) is 10.1. The maximum atomic E-state index is 13.8. The van der Waals surface area contributed by atoms with Crippen LogP contribution in [0.3, 0.4) is 0 Å². The zero-order valence-electron chi connectivity index (χ0n) is 17.4. The molecule has 176 valence electrons. The van der Waals surface area contributed by atoms with E-state index in [0.29, 0.717) is 15.9 Å².